The van der Waals surface area contributed by atoms with E-state index in [4.69, 9.17) is 0 Å². The smallest absolute Gasteiger partial charge is 0.270 e. The molecule has 4 heterocycles. The van der Waals surface area contributed by atoms with Crippen molar-refractivity contribution in [2.45, 2.75) is 24.4 Å². The number of hydrogen-bond acceptors (Lipinski definition) is 6. The van der Waals surface area contributed by atoms with Gasteiger partial charge in [-0.1, -0.05) is 47.7 Å². The van der Waals surface area contributed by atoms with Crippen LogP contribution in [0.5, 0.6) is 0 Å². The molecule has 0 aliphatic carbocycles. The first kappa shape index (κ1) is 17.7. The fourth-order valence-electron chi connectivity index (χ4n) is 3.24. The summed E-state index contributed by atoms with van der Waals surface area (Å²) in [6.45, 7) is 2.60. The van der Waals surface area contributed by atoms with Crippen LogP contribution in [0.1, 0.15) is 16.0 Å². The standard InChI is InChI=1S/C20H16N4OS3/c1-13-4-2-5-14(10-13)12-28-20-22-21-19-23(11-15-6-3-8-26-15)18(25)17-16(24(19)20)7-9-27-17/h2-10H,11-12H2,1H3. The Morgan fingerprint density at radius 1 is 1.07 bits per heavy atom. The van der Waals surface area contributed by atoms with Crippen LogP contribution in [0.25, 0.3) is 16.0 Å². The summed E-state index contributed by atoms with van der Waals surface area (Å²) in [4.78, 5) is 14.2. The highest BCUT2D eigenvalue weighted by molar-refractivity contribution is 7.98. The highest BCUT2D eigenvalue weighted by atomic mass is 32.2. The minimum atomic E-state index is -0.00599. The third kappa shape index (κ3) is 3.07. The van der Waals surface area contributed by atoms with Gasteiger partial charge in [-0.05, 0) is 35.4 Å². The molecule has 5 aromatic rings. The Kier molecular flexibility index (Phi) is 4.54. The molecule has 28 heavy (non-hydrogen) atoms. The number of nitrogens with zero attached hydrogens (tertiary/aromatic N) is 4. The zero-order valence-electron chi connectivity index (χ0n) is 15.0. The van der Waals surface area contributed by atoms with Gasteiger partial charge < -0.3 is 0 Å². The summed E-state index contributed by atoms with van der Waals surface area (Å²) in [5, 5.41) is 13.6. The van der Waals surface area contributed by atoms with Crippen LogP contribution >= 0.6 is 34.4 Å². The van der Waals surface area contributed by atoms with E-state index in [2.05, 4.69) is 41.4 Å². The van der Waals surface area contributed by atoms with Crippen LogP contribution < -0.4 is 5.56 Å². The second-order valence-electron chi connectivity index (χ2n) is 6.50. The van der Waals surface area contributed by atoms with Crippen molar-refractivity contribution in [3.05, 3.63) is 79.6 Å². The molecule has 0 aliphatic heterocycles. The number of thioether (sulfide) groups is 1. The van der Waals surface area contributed by atoms with Gasteiger partial charge in [0.15, 0.2) is 5.16 Å². The molecule has 0 radical (unpaired) electrons. The molecule has 0 atom stereocenters. The highest BCUT2D eigenvalue weighted by Crippen LogP contribution is 2.27. The van der Waals surface area contributed by atoms with Crippen LogP contribution in [0.15, 0.2) is 63.2 Å². The van der Waals surface area contributed by atoms with Crippen molar-refractivity contribution in [3.63, 3.8) is 0 Å². The fraction of sp³-hybridized carbons (Fsp3) is 0.150. The number of rotatable bonds is 5. The summed E-state index contributed by atoms with van der Waals surface area (Å²) < 4.78 is 4.48. The summed E-state index contributed by atoms with van der Waals surface area (Å²) in [6.07, 6.45) is 0. The molecule has 0 aliphatic rings. The molecule has 0 bridgehead atoms. The minimum Gasteiger partial charge on any atom is -0.270 e. The molecule has 0 N–H and O–H groups in total. The van der Waals surface area contributed by atoms with E-state index in [1.807, 2.05) is 33.4 Å². The van der Waals surface area contributed by atoms with Gasteiger partial charge in [0.1, 0.15) is 4.70 Å². The van der Waals surface area contributed by atoms with E-state index in [0.29, 0.717) is 12.3 Å². The molecule has 8 heteroatoms. The largest absolute Gasteiger partial charge is 0.273 e. The summed E-state index contributed by atoms with van der Waals surface area (Å²) in [7, 11) is 0. The molecule has 140 valence electrons. The van der Waals surface area contributed by atoms with Crippen LogP contribution in [0.4, 0.5) is 0 Å². The predicted octanol–water partition coefficient (Wildman–Crippen LogP) is 4.82. The predicted molar refractivity (Wildman–Crippen MR) is 117 cm³/mol. The maximum absolute atomic E-state index is 13.0. The van der Waals surface area contributed by atoms with Crippen LogP contribution in [-0.4, -0.2) is 19.2 Å². The Hall–Kier alpha value is -2.42. The number of aromatic nitrogens is 4. The van der Waals surface area contributed by atoms with Crippen molar-refractivity contribution in [2.75, 3.05) is 0 Å². The third-order valence-electron chi connectivity index (χ3n) is 4.53. The summed E-state index contributed by atoms with van der Waals surface area (Å²) in [5.74, 6) is 1.40. The average Bonchev–Trinajstić information content (AvgIpc) is 3.43. The van der Waals surface area contributed by atoms with Gasteiger partial charge >= 0.3 is 0 Å². The van der Waals surface area contributed by atoms with Crippen LogP contribution in [-0.2, 0) is 12.3 Å². The van der Waals surface area contributed by atoms with Gasteiger partial charge in [-0.15, -0.1) is 32.9 Å². The molecule has 0 saturated heterocycles. The molecule has 1 aromatic carbocycles. The lowest BCUT2D eigenvalue weighted by Crippen LogP contribution is -2.22. The first-order valence-corrected chi connectivity index (χ1v) is 11.5. The monoisotopic (exact) mass is 424 g/mol. The molecule has 0 saturated carbocycles. The summed E-state index contributed by atoms with van der Waals surface area (Å²) >= 11 is 4.75. The van der Waals surface area contributed by atoms with E-state index in [0.717, 1.165) is 26.0 Å². The Bertz CT molecular complexity index is 1330. The average molecular weight is 425 g/mol. The van der Waals surface area contributed by atoms with Crippen molar-refractivity contribution in [3.8, 4) is 0 Å². The lowest BCUT2D eigenvalue weighted by molar-refractivity contribution is 0.775. The Morgan fingerprint density at radius 2 is 2.00 bits per heavy atom. The molecular formula is C20H16N4OS3. The van der Waals surface area contributed by atoms with Gasteiger partial charge in [-0.3, -0.25) is 13.8 Å². The van der Waals surface area contributed by atoms with Crippen molar-refractivity contribution in [1.29, 1.82) is 0 Å². The Balaban J connectivity index is 1.61. The Morgan fingerprint density at radius 3 is 2.82 bits per heavy atom. The highest BCUT2D eigenvalue weighted by Gasteiger charge is 2.18. The zero-order valence-corrected chi connectivity index (χ0v) is 17.5. The van der Waals surface area contributed by atoms with Gasteiger partial charge in [-0.25, -0.2) is 0 Å². The van der Waals surface area contributed by atoms with Gasteiger partial charge in [0.25, 0.3) is 5.56 Å². The maximum Gasteiger partial charge on any atom is 0.273 e. The zero-order chi connectivity index (χ0) is 19.1. The third-order valence-corrected chi connectivity index (χ3v) is 7.28. The van der Waals surface area contributed by atoms with Crippen molar-refractivity contribution >= 4 is 50.4 Å². The van der Waals surface area contributed by atoms with Crippen molar-refractivity contribution < 1.29 is 0 Å². The quantitative estimate of drug-likeness (QED) is 0.380. The number of fused-ring (bicyclic) bond motifs is 3. The molecule has 5 rings (SSSR count). The van der Waals surface area contributed by atoms with Gasteiger partial charge in [0.05, 0.1) is 12.1 Å². The lowest BCUT2D eigenvalue weighted by atomic mass is 10.2. The first-order chi connectivity index (χ1) is 13.7. The summed E-state index contributed by atoms with van der Waals surface area (Å²) in [5.41, 5.74) is 3.36. The molecule has 4 aromatic heterocycles. The number of hydrogen-bond donors (Lipinski definition) is 0. The number of aryl methyl sites for hydroxylation is 1. The lowest BCUT2D eigenvalue weighted by Gasteiger charge is -2.08. The molecule has 0 spiro atoms. The summed E-state index contributed by atoms with van der Waals surface area (Å²) in [6, 6.07) is 14.5. The van der Waals surface area contributed by atoms with Crippen LogP contribution in [0.3, 0.4) is 0 Å². The topological polar surface area (TPSA) is 52.2 Å². The van der Waals surface area contributed by atoms with E-state index in [1.165, 1.54) is 22.5 Å². The van der Waals surface area contributed by atoms with E-state index < -0.39 is 0 Å². The SMILES string of the molecule is Cc1cccc(CSc2nnc3n(Cc4cccs4)c(=O)c4sccc4n23)c1. The van der Waals surface area contributed by atoms with Gasteiger partial charge in [0, 0.05) is 10.6 Å². The Labute approximate surface area is 173 Å². The normalized spacial score (nSPS) is 11.6. The fourth-order valence-corrected chi connectivity index (χ4v) is 5.64. The second-order valence-corrected chi connectivity index (χ2v) is 9.39. The van der Waals surface area contributed by atoms with E-state index in [1.54, 1.807) is 27.7 Å². The van der Waals surface area contributed by atoms with E-state index in [9.17, 15) is 4.79 Å². The van der Waals surface area contributed by atoms with Crippen LogP contribution in [0, 0.1) is 6.92 Å². The van der Waals surface area contributed by atoms with Crippen LogP contribution in [0.2, 0.25) is 0 Å². The van der Waals surface area contributed by atoms with E-state index in [-0.39, 0.29) is 5.56 Å². The van der Waals surface area contributed by atoms with Crippen molar-refractivity contribution in [2.24, 2.45) is 0 Å². The molecule has 0 fully saturated rings. The minimum absolute atomic E-state index is 0.00599. The molecule has 5 nitrogen and oxygen atoms in total. The first-order valence-electron chi connectivity index (χ1n) is 8.76. The number of benzene rings is 1. The second kappa shape index (κ2) is 7.20. The molecule has 0 unspecified atom stereocenters. The molecular weight excluding hydrogens is 408 g/mol. The van der Waals surface area contributed by atoms with Crippen molar-refractivity contribution in [1.82, 2.24) is 19.2 Å². The van der Waals surface area contributed by atoms with E-state index >= 15 is 0 Å². The number of thiophene rings is 2. The van der Waals surface area contributed by atoms with Gasteiger partial charge in [-0.2, -0.15) is 0 Å². The maximum atomic E-state index is 13.0. The molecule has 0 amide bonds. The van der Waals surface area contributed by atoms with Gasteiger partial charge in [0.2, 0.25) is 5.78 Å².